The second-order valence-corrected chi connectivity index (χ2v) is 5.78. The molecule has 0 aliphatic carbocycles. The van der Waals surface area contributed by atoms with E-state index in [2.05, 4.69) is 31.3 Å². The molecule has 1 aromatic carbocycles. The number of rotatable bonds is 5. The molecule has 1 saturated heterocycles. The molecule has 0 saturated carbocycles. The molecule has 4 nitrogen and oxygen atoms in total. The molecule has 2 unspecified atom stereocenters. The van der Waals surface area contributed by atoms with Gasteiger partial charge in [0.05, 0.1) is 10.6 Å². The van der Waals surface area contributed by atoms with Crippen molar-refractivity contribution in [3.63, 3.8) is 0 Å². The summed E-state index contributed by atoms with van der Waals surface area (Å²) in [5, 5.41) is 15.9. The summed E-state index contributed by atoms with van der Waals surface area (Å²) in [6.45, 7) is 2.51. The van der Waals surface area contributed by atoms with Gasteiger partial charge in [0.1, 0.15) is 5.75 Å². The highest BCUT2D eigenvalue weighted by Gasteiger charge is 2.32. The summed E-state index contributed by atoms with van der Waals surface area (Å²) >= 11 is 3.06. The molecule has 1 aliphatic rings. The lowest BCUT2D eigenvalue weighted by molar-refractivity contribution is -0.274. The van der Waals surface area contributed by atoms with Gasteiger partial charge in [-0.1, -0.05) is 6.07 Å². The van der Waals surface area contributed by atoms with Crippen LogP contribution in [0.25, 0.3) is 0 Å². The number of ether oxygens (including phenoxy) is 1. The summed E-state index contributed by atoms with van der Waals surface area (Å²) in [5.41, 5.74) is 0.830. The second-order valence-electron chi connectivity index (χ2n) is 4.93. The number of halogens is 4. The maximum absolute atomic E-state index is 12.1. The zero-order chi connectivity index (χ0) is 15.5. The predicted octanol–water partition coefficient (Wildman–Crippen LogP) is 2.02. The molecule has 1 fully saturated rings. The average molecular weight is 369 g/mol. The highest BCUT2D eigenvalue weighted by molar-refractivity contribution is 9.10. The molecule has 0 spiro atoms. The fourth-order valence-electron chi connectivity index (χ4n) is 2.19. The van der Waals surface area contributed by atoms with Crippen molar-refractivity contribution < 1.29 is 23.0 Å². The Morgan fingerprint density at radius 1 is 1.38 bits per heavy atom. The number of benzene rings is 1. The lowest BCUT2D eigenvalue weighted by atomic mass is 10.1. The fraction of sp³-hybridized carbons (Fsp3) is 0.538. The topological polar surface area (TPSA) is 53.5 Å². The monoisotopic (exact) mass is 368 g/mol. The SMILES string of the molecule is OC1CNCC1CNCc1ccc(OC(F)(F)F)c(Br)c1. The maximum Gasteiger partial charge on any atom is 0.573 e. The van der Waals surface area contributed by atoms with Gasteiger partial charge in [0.15, 0.2) is 0 Å². The van der Waals surface area contributed by atoms with Crippen molar-refractivity contribution >= 4 is 15.9 Å². The molecule has 1 heterocycles. The Kier molecular flexibility index (Phi) is 5.48. The van der Waals surface area contributed by atoms with Crippen LogP contribution in [-0.4, -0.2) is 37.2 Å². The van der Waals surface area contributed by atoms with Crippen molar-refractivity contribution in [3.05, 3.63) is 28.2 Å². The van der Waals surface area contributed by atoms with E-state index in [0.29, 0.717) is 19.6 Å². The summed E-state index contributed by atoms with van der Waals surface area (Å²) in [4.78, 5) is 0. The smallest absolute Gasteiger partial charge is 0.405 e. The van der Waals surface area contributed by atoms with Crippen LogP contribution in [-0.2, 0) is 6.54 Å². The van der Waals surface area contributed by atoms with E-state index >= 15 is 0 Å². The quantitative estimate of drug-likeness (QED) is 0.744. The molecule has 2 rings (SSSR count). The van der Waals surface area contributed by atoms with Gasteiger partial charge in [-0.05, 0) is 33.6 Å². The molecule has 0 bridgehead atoms. The lowest BCUT2D eigenvalue weighted by Crippen LogP contribution is -2.30. The fourth-order valence-corrected chi connectivity index (χ4v) is 2.70. The number of alkyl halides is 3. The lowest BCUT2D eigenvalue weighted by Gasteiger charge is -2.15. The van der Waals surface area contributed by atoms with E-state index in [0.717, 1.165) is 12.1 Å². The van der Waals surface area contributed by atoms with E-state index in [-0.39, 0.29) is 22.2 Å². The van der Waals surface area contributed by atoms with E-state index in [4.69, 9.17) is 0 Å². The predicted molar refractivity (Wildman–Crippen MR) is 74.9 cm³/mol. The number of hydrogen-bond donors (Lipinski definition) is 3. The largest absolute Gasteiger partial charge is 0.573 e. The minimum atomic E-state index is -4.70. The Morgan fingerprint density at radius 2 is 2.14 bits per heavy atom. The molecule has 1 aromatic rings. The van der Waals surface area contributed by atoms with Gasteiger partial charge in [0.2, 0.25) is 0 Å². The first-order chi connectivity index (χ1) is 9.85. The van der Waals surface area contributed by atoms with Gasteiger partial charge in [0, 0.05) is 32.1 Å². The molecule has 1 aliphatic heterocycles. The van der Waals surface area contributed by atoms with Gasteiger partial charge in [-0.25, -0.2) is 0 Å². The number of hydrogen-bond acceptors (Lipinski definition) is 4. The first-order valence-corrected chi connectivity index (χ1v) is 7.28. The number of nitrogens with one attached hydrogen (secondary N) is 2. The Bertz CT molecular complexity index is 485. The van der Waals surface area contributed by atoms with Gasteiger partial charge in [-0.3, -0.25) is 0 Å². The van der Waals surface area contributed by atoms with Gasteiger partial charge in [-0.2, -0.15) is 0 Å². The van der Waals surface area contributed by atoms with Crippen LogP contribution in [0.3, 0.4) is 0 Å². The van der Waals surface area contributed by atoms with Crippen molar-refractivity contribution in [3.8, 4) is 5.75 Å². The highest BCUT2D eigenvalue weighted by atomic mass is 79.9. The van der Waals surface area contributed by atoms with E-state index in [9.17, 15) is 18.3 Å². The number of aliphatic hydroxyl groups excluding tert-OH is 1. The molecule has 8 heteroatoms. The standard InChI is InChI=1S/C13H16BrF3N2O2/c14-10-3-8(1-2-12(10)21-13(15,16)17)4-18-5-9-6-19-7-11(9)20/h1-3,9,11,18-20H,4-7H2. The Balaban J connectivity index is 1.85. The van der Waals surface area contributed by atoms with Crippen LogP contribution in [0.5, 0.6) is 5.75 Å². The number of aliphatic hydroxyl groups is 1. The first kappa shape index (κ1) is 16.5. The summed E-state index contributed by atoms with van der Waals surface area (Å²) in [5.74, 6) is -0.108. The van der Waals surface area contributed by atoms with Crippen LogP contribution in [0.15, 0.2) is 22.7 Å². The van der Waals surface area contributed by atoms with E-state index < -0.39 is 6.36 Å². The van der Waals surface area contributed by atoms with Crippen LogP contribution in [0.2, 0.25) is 0 Å². The third-order valence-electron chi connectivity index (χ3n) is 3.26. The first-order valence-electron chi connectivity index (χ1n) is 6.49. The van der Waals surface area contributed by atoms with Crippen molar-refractivity contribution in [1.29, 1.82) is 0 Å². The van der Waals surface area contributed by atoms with Gasteiger partial charge in [0.25, 0.3) is 0 Å². The van der Waals surface area contributed by atoms with Crippen molar-refractivity contribution in [1.82, 2.24) is 10.6 Å². The van der Waals surface area contributed by atoms with Crippen LogP contribution in [0.4, 0.5) is 13.2 Å². The van der Waals surface area contributed by atoms with E-state index in [1.54, 1.807) is 12.1 Å². The van der Waals surface area contributed by atoms with E-state index in [1.165, 1.54) is 6.07 Å². The van der Waals surface area contributed by atoms with E-state index in [1.807, 2.05) is 0 Å². The molecular weight excluding hydrogens is 353 g/mol. The molecule has 2 atom stereocenters. The normalized spacial score (nSPS) is 22.5. The molecule has 0 radical (unpaired) electrons. The van der Waals surface area contributed by atoms with Gasteiger partial charge < -0.3 is 20.5 Å². The number of β-amino-alcohol motifs (C(OH)–C–C–N with tert-alkyl or cyclic N) is 1. The summed E-state index contributed by atoms with van der Waals surface area (Å²) in [7, 11) is 0. The zero-order valence-corrected chi connectivity index (χ0v) is 12.7. The Morgan fingerprint density at radius 3 is 2.71 bits per heavy atom. The van der Waals surface area contributed by atoms with Crippen molar-refractivity contribution in [2.24, 2.45) is 5.92 Å². The van der Waals surface area contributed by atoms with Crippen LogP contribution in [0, 0.1) is 5.92 Å². The summed E-state index contributed by atoms with van der Waals surface area (Å²) < 4.78 is 40.6. The minimum absolute atomic E-state index is 0.154. The van der Waals surface area contributed by atoms with Gasteiger partial charge in [-0.15, -0.1) is 13.2 Å². The zero-order valence-electron chi connectivity index (χ0n) is 11.1. The van der Waals surface area contributed by atoms with Crippen LogP contribution < -0.4 is 15.4 Å². The minimum Gasteiger partial charge on any atom is -0.405 e. The van der Waals surface area contributed by atoms with Gasteiger partial charge >= 0.3 is 6.36 Å². The molecular formula is C13H16BrF3N2O2. The molecule has 3 N–H and O–H groups in total. The van der Waals surface area contributed by atoms with Crippen molar-refractivity contribution in [2.75, 3.05) is 19.6 Å². The third-order valence-corrected chi connectivity index (χ3v) is 3.88. The molecule has 118 valence electrons. The molecule has 21 heavy (non-hydrogen) atoms. The van der Waals surface area contributed by atoms with Crippen LogP contribution >= 0.6 is 15.9 Å². The average Bonchev–Trinajstić information content (AvgIpc) is 2.77. The highest BCUT2D eigenvalue weighted by Crippen LogP contribution is 2.31. The van der Waals surface area contributed by atoms with Crippen LogP contribution in [0.1, 0.15) is 5.56 Å². The summed E-state index contributed by atoms with van der Waals surface area (Å²) in [6.07, 6.45) is -5.06. The Hall–Kier alpha value is -0.830. The molecule has 0 aromatic heterocycles. The summed E-state index contributed by atoms with van der Waals surface area (Å²) in [6, 6.07) is 4.43. The molecule has 0 amide bonds. The van der Waals surface area contributed by atoms with Crippen molar-refractivity contribution in [2.45, 2.75) is 19.0 Å². The second kappa shape index (κ2) is 6.95. The third kappa shape index (κ3) is 5.14. The maximum atomic E-state index is 12.1. The Labute approximate surface area is 128 Å².